The smallest absolute Gasteiger partial charge is 0.223 e. The number of ketones is 2. The van der Waals surface area contributed by atoms with Gasteiger partial charge in [0.2, 0.25) is 5.91 Å². The van der Waals surface area contributed by atoms with Crippen LogP contribution < -0.4 is 5.73 Å². The van der Waals surface area contributed by atoms with Crippen LogP contribution in [0.25, 0.3) is 0 Å². The molecule has 4 nitrogen and oxygen atoms in total. The molecule has 1 fully saturated rings. The number of rotatable bonds is 5. The molecule has 4 unspecified atom stereocenters. The first-order valence-electron chi connectivity index (χ1n) is 14.1. The van der Waals surface area contributed by atoms with Crippen LogP contribution in [0.3, 0.4) is 0 Å². The van der Waals surface area contributed by atoms with Crippen LogP contribution in [0.15, 0.2) is 85.0 Å². The quantitative estimate of drug-likeness (QED) is 0.342. The first-order valence-corrected chi connectivity index (χ1v) is 14.1. The van der Waals surface area contributed by atoms with Crippen molar-refractivity contribution in [2.75, 3.05) is 0 Å². The first kappa shape index (κ1) is 28.5. The first-order chi connectivity index (χ1) is 18.5. The van der Waals surface area contributed by atoms with Crippen LogP contribution in [0.4, 0.5) is 0 Å². The summed E-state index contributed by atoms with van der Waals surface area (Å²) in [5, 5.41) is 0. The van der Waals surface area contributed by atoms with Crippen LogP contribution in [0.5, 0.6) is 0 Å². The van der Waals surface area contributed by atoms with Gasteiger partial charge < -0.3 is 5.73 Å². The summed E-state index contributed by atoms with van der Waals surface area (Å²) in [7, 11) is 0. The van der Waals surface area contributed by atoms with E-state index in [-0.39, 0.29) is 34.2 Å². The Labute approximate surface area is 233 Å². The van der Waals surface area contributed by atoms with Gasteiger partial charge in [-0.15, -0.1) is 6.58 Å². The number of amides is 1. The molecule has 2 N–H and O–H groups in total. The standard InChI is InChI=1S/C20H29NO.C15H12O2/c1-13(2)14-6-8-16-15(12-14)7-9-17-19(16,3)10-5-11-20(17,4)18(21)22;1-2-13(11-6-4-3-5-7-11)14-10-12(16)8-9-15(14)17/h6,8,12-13,17H,5,7,9-11H2,1-4H3,(H2,21,22);2-10,13H,1H2. The van der Waals surface area contributed by atoms with E-state index in [1.165, 1.54) is 41.3 Å². The Kier molecular flexibility index (Phi) is 8.25. The lowest BCUT2D eigenvalue weighted by Crippen LogP contribution is -2.54. The Morgan fingerprint density at radius 3 is 2.38 bits per heavy atom. The molecule has 1 saturated carbocycles. The van der Waals surface area contributed by atoms with Gasteiger partial charge in [0, 0.05) is 16.9 Å². The predicted molar refractivity (Wildman–Crippen MR) is 157 cm³/mol. The molecule has 0 aliphatic heterocycles. The molecule has 2 aromatic rings. The average molecular weight is 524 g/mol. The van der Waals surface area contributed by atoms with Crippen LogP contribution >= 0.6 is 0 Å². The van der Waals surface area contributed by atoms with Crippen molar-refractivity contribution in [2.45, 2.75) is 77.0 Å². The molecule has 0 bridgehead atoms. The van der Waals surface area contributed by atoms with Gasteiger partial charge in [-0.3, -0.25) is 14.4 Å². The summed E-state index contributed by atoms with van der Waals surface area (Å²) >= 11 is 0. The Morgan fingerprint density at radius 2 is 1.74 bits per heavy atom. The molecule has 39 heavy (non-hydrogen) atoms. The van der Waals surface area contributed by atoms with Crippen molar-refractivity contribution < 1.29 is 14.4 Å². The minimum Gasteiger partial charge on any atom is -0.369 e. The maximum absolute atomic E-state index is 12.2. The van der Waals surface area contributed by atoms with Crippen molar-refractivity contribution in [3.8, 4) is 0 Å². The number of carbonyl (C=O) groups is 3. The van der Waals surface area contributed by atoms with E-state index < -0.39 is 0 Å². The number of fused-ring (bicyclic) bond motifs is 3. The van der Waals surface area contributed by atoms with Gasteiger partial charge in [0.15, 0.2) is 11.6 Å². The molecular weight excluding hydrogens is 482 g/mol. The van der Waals surface area contributed by atoms with E-state index in [0.29, 0.717) is 17.4 Å². The van der Waals surface area contributed by atoms with Crippen molar-refractivity contribution in [1.29, 1.82) is 0 Å². The number of allylic oxidation sites excluding steroid dienone is 5. The van der Waals surface area contributed by atoms with Gasteiger partial charge >= 0.3 is 0 Å². The molecule has 3 aliphatic rings. The molecule has 0 heterocycles. The van der Waals surface area contributed by atoms with Gasteiger partial charge in [-0.05, 0) is 83.4 Å². The minimum absolute atomic E-state index is 0.102. The van der Waals surface area contributed by atoms with Crippen molar-refractivity contribution in [2.24, 2.45) is 17.1 Å². The monoisotopic (exact) mass is 523 g/mol. The lowest BCUT2D eigenvalue weighted by molar-refractivity contribution is -0.135. The molecule has 5 rings (SSSR count). The summed E-state index contributed by atoms with van der Waals surface area (Å²) in [5.74, 6) is 0.339. The summed E-state index contributed by atoms with van der Waals surface area (Å²) < 4.78 is 0. The van der Waals surface area contributed by atoms with Gasteiger partial charge in [-0.2, -0.15) is 0 Å². The summed E-state index contributed by atoms with van der Waals surface area (Å²) in [6, 6.07) is 16.6. The van der Waals surface area contributed by atoms with Crippen molar-refractivity contribution in [1.82, 2.24) is 0 Å². The highest BCUT2D eigenvalue weighted by Gasteiger charge is 2.54. The van der Waals surface area contributed by atoms with Crippen LogP contribution in [-0.4, -0.2) is 17.5 Å². The Morgan fingerprint density at radius 1 is 1.03 bits per heavy atom. The summed E-state index contributed by atoms with van der Waals surface area (Å²) in [5.41, 5.74) is 11.4. The zero-order valence-corrected chi connectivity index (χ0v) is 23.7. The normalized spacial score (nSPS) is 26.5. The lowest BCUT2D eigenvalue weighted by Gasteiger charge is -2.54. The van der Waals surface area contributed by atoms with E-state index >= 15 is 0 Å². The highest BCUT2D eigenvalue weighted by Crippen LogP contribution is 2.57. The van der Waals surface area contributed by atoms with Gasteiger partial charge in [-0.25, -0.2) is 0 Å². The van der Waals surface area contributed by atoms with E-state index in [9.17, 15) is 14.4 Å². The molecule has 4 atom stereocenters. The summed E-state index contributed by atoms with van der Waals surface area (Å²) in [6.45, 7) is 12.7. The van der Waals surface area contributed by atoms with Crippen molar-refractivity contribution >= 4 is 17.5 Å². The number of hydrogen-bond acceptors (Lipinski definition) is 3. The minimum atomic E-state index is -0.346. The Bertz CT molecular complexity index is 1330. The number of primary amides is 1. The Hall–Kier alpha value is -3.53. The van der Waals surface area contributed by atoms with Crippen LogP contribution in [0, 0.1) is 11.3 Å². The van der Waals surface area contributed by atoms with Crippen molar-refractivity contribution in [3.05, 3.63) is 107 Å². The van der Waals surface area contributed by atoms with Gasteiger partial charge in [0.05, 0.1) is 0 Å². The third-order valence-corrected chi connectivity index (χ3v) is 9.32. The molecule has 4 heteroatoms. The highest BCUT2D eigenvalue weighted by atomic mass is 16.1. The number of carbonyl (C=O) groups excluding carboxylic acids is 3. The molecule has 0 spiro atoms. The van der Waals surface area contributed by atoms with E-state index in [1.54, 1.807) is 6.08 Å². The van der Waals surface area contributed by atoms with Crippen LogP contribution in [0.1, 0.15) is 87.5 Å². The van der Waals surface area contributed by atoms with Crippen LogP contribution in [0.2, 0.25) is 0 Å². The molecule has 0 aromatic heterocycles. The predicted octanol–water partition coefficient (Wildman–Crippen LogP) is 6.90. The SMILES string of the molecule is C=CC(C1=CC(=O)C=CC1=O)c1ccccc1.CC(C)c1ccc2c(c1)CCC1C(C)(C(N)=O)CCCC21C. The fourth-order valence-electron chi connectivity index (χ4n) is 7.04. The van der Waals surface area contributed by atoms with E-state index in [4.69, 9.17) is 5.73 Å². The van der Waals surface area contributed by atoms with Crippen LogP contribution in [-0.2, 0) is 26.2 Å². The number of nitrogens with two attached hydrogens (primary N) is 1. The van der Waals surface area contributed by atoms with Gasteiger partial charge in [0.25, 0.3) is 0 Å². The largest absolute Gasteiger partial charge is 0.369 e. The summed E-state index contributed by atoms with van der Waals surface area (Å²) in [4.78, 5) is 35.2. The molecule has 0 radical (unpaired) electrons. The number of hydrogen-bond donors (Lipinski definition) is 1. The maximum Gasteiger partial charge on any atom is 0.223 e. The average Bonchev–Trinajstić information content (AvgIpc) is 2.91. The second-order valence-corrected chi connectivity index (χ2v) is 12.0. The third-order valence-electron chi connectivity index (χ3n) is 9.32. The molecule has 3 aliphatic carbocycles. The molecule has 2 aromatic carbocycles. The molecule has 204 valence electrons. The molecular formula is C35H41NO3. The number of aryl methyl sites for hydroxylation is 1. The van der Waals surface area contributed by atoms with Crippen molar-refractivity contribution in [3.63, 3.8) is 0 Å². The fourth-order valence-corrected chi connectivity index (χ4v) is 7.04. The highest BCUT2D eigenvalue weighted by molar-refractivity contribution is 6.18. The van der Waals surface area contributed by atoms with E-state index in [2.05, 4.69) is 52.5 Å². The van der Waals surface area contributed by atoms with Gasteiger partial charge in [0.1, 0.15) is 0 Å². The van der Waals surface area contributed by atoms with E-state index in [1.807, 2.05) is 30.3 Å². The molecule has 0 saturated heterocycles. The fraction of sp³-hybridized carbons (Fsp3) is 0.400. The lowest BCUT2D eigenvalue weighted by atomic mass is 9.49. The molecule has 1 amide bonds. The topological polar surface area (TPSA) is 77.2 Å². The summed E-state index contributed by atoms with van der Waals surface area (Å²) in [6.07, 6.45) is 11.1. The second kappa shape index (κ2) is 11.3. The zero-order valence-electron chi connectivity index (χ0n) is 23.7. The third kappa shape index (κ3) is 5.48. The Balaban J connectivity index is 0.000000187. The van der Waals surface area contributed by atoms with Gasteiger partial charge in [-0.1, -0.05) is 88.7 Å². The zero-order chi connectivity index (χ0) is 28.4. The number of benzene rings is 2. The van der Waals surface area contributed by atoms with E-state index in [0.717, 1.165) is 31.2 Å². The second-order valence-electron chi connectivity index (χ2n) is 12.0. The maximum atomic E-state index is 12.2.